The van der Waals surface area contributed by atoms with E-state index in [2.05, 4.69) is 5.32 Å². The second-order valence-corrected chi connectivity index (χ2v) is 12.1. The van der Waals surface area contributed by atoms with Crippen molar-refractivity contribution in [3.8, 4) is 0 Å². The molecule has 1 amide bonds. The average Bonchev–Trinajstić information content (AvgIpc) is 2.73. The van der Waals surface area contributed by atoms with Gasteiger partial charge in [-0.2, -0.15) is 8.61 Å². The van der Waals surface area contributed by atoms with E-state index in [1.54, 1.807) is 12.1 Å². The first-order valence-electron chi connectivity index (χ1n) is 10.6. The molecular formula is C20H31N3O6S2. The fourth-order valence-electron chi connectivity index (χ4n) is 4.00. The highest BCUT2D eigenvalue weighted by Crippen LogP contribution is 2.23. The number of sulfonamides is 2. The molecular weight excluding hydrogens is 442 g/mol. The van der Waals surface area contributed by atoms with Crippen molar-refractivity contribution < 1.29 is 26.4 Å². The number of carbonyl (C=O) groups excluding carboxylic acids is 1. The van der Waals surface area contributed by atoms with E-state index in [1.807, 2.05) is 13.8 Å². The Balaban J connectivity index is 1.66. The van der Waals surface area contributed by atoms with Crippen LogP contribution in [0.3, 0.4) is 0 Å². The Morgan fingerprint density at radius 3 is 2.26 bits per heavy atom. The molecule has 2 atom stereocenters. The van der Waals surface area contributed by atoms with Gasteiger partial charge < -0.3 is 10.1 Å². The lowest BCUT2D eigenvalue weighted by atomic mass is 10.2. The molecule has 2 aliphatic rings. The van der Waals surface area contributed by atoms with Crippen molar-refractivity contribution in [2.24, 2.45) is 0 Å². The molecule has 174 valence electrons. The topological polar surface area (TPSA) is 113 Å². The maximum absolute atomic E-state index is 13.0. The molecule has 31 heavy (non-hydrogen) atoms. The SMILES string of the molecule is CC1CN(S(=O)(=O)CCNC(=O)c2ccccc2S(=O)(=O)N2CCCCC2)CC(C)O1. The second-order valence-electron chi connectivity index (χ2n) is 8.11. The van der Waals surface area contributed by atoms with Gasteiger partial charge in [-0.05, 0) is 38.8 Å². The van der Waals surface area contributed by atoms with E-state index >= 15 is 0 Å². The summed E-state index contributed by atoms with van der Waals surface area (Å²) in [6, 6.07) is 6.05. The highest BCUT2D eigenvalue weighted by Gasteiger charge is 2.32. The van der Waals surface area contributed by atoms with E-state index in [0.717, 1.165) is 19.3 Å². The van der Waals surface area contributed by atoms with E-state index < -0.39 is 26.0 Å². The van der Waals surface area contributed by atoms with E-state index in [4.69, 9.17) is 4.74 Å². The Labute approximate surface area is 184 Å². The molecule has 0 radical (unpaired) electrons. The molecule has 0 bridgehead atoms. The number of amides is 1. The molecule has 0 aromatic heterocycles. The Bertz CT molecular complexity index is 980. The minimum atomic E-state index is -3.79. The largest absolute Gasteiger partial charge is 0.373 e. The van der Waals surface area contributed by atoms with Gasteiger partial charge in [-0.3, -0.25) is 4.79 Å². The number of piperidine rings is 1. The summed E-state index contributed by atoms with van der Waals surface area (Å²) < 4.78 is 59.7. The number of carbonyl (C=O) groups is 1. The van der Waals surface area contributed by atoms with E-state index in [1.165, 1.54) is 20.7 Å². The molecule has 1 N–H and O–H groups in total. The van der Waals surface area contributed by atoms with Gasteiger partial charge in [0.25, 0.3) is 5.91 Å². The fraction of sp³-hybridized carbons (Fsp3) is 0.650. The summed E-state index contributed by atoms with van der Waals surface area (Å²) in [6.07, 6.45) is 2.19. The van der Waals surface area contributed by atoms with Crippen molar-refractivity contribution in [2.45, 2.75) is 50.2 Å². The third kappa shape index (κ3) is 5.83. The lowest BCUT2D eigenvalue weighted by Gasteiger charge is -2.34. The molecule has 0 saturated carbocycles. The number of morpholine rings is 1. The zero-order valence-electron chi connectivity index (χ0n) is 18.0. The Morgan fingerprint density at radius 2 is 1.61 bits per heavy atom. The van der Waals surface area contributed by atoms with Gasteiger partial charge in [0.2, 0.25) is 20.0 Å². The zero-order valence-corrected chi connectivity index (χ0v) is 19.6. The van der Waals surface area contributed by atoms with Gasteiger partial charge in [-0.15, -0.1) is 0 Å². The standard InChI is InChI=1S/C20H31N3O6S2/c1-16-14-23(15-17(2)29-16)30(25,26)13-10-21-20(24)18-8-4-5-9-19(18)31(27,28)22-11-6-3-7-12-22/h4-5,8-9,16-17H,3,6-7,10-15H2,1-2H3,(H,21,24). The number of nitrogens with one attached hydrogen (secondary N) is 1. The van der Waals surface area contributed by atoms with Gasteiger partial charge in [0.05, 0.1) is 28.4 Å². The first-order valence-corrected chi connectivity index (χ1v) is 13.7. The summed E-state index contributed by atoms with van der Waals surface area (Å²) in [5.74, 6) is -0.866. The number of nitrogens with zero attached hydrogens (tertiary/aromatic N) is 2. The molecule has 0 aliphatic carbocycles. The number of hydrogen-bond acceptors (Lipinski definition) is 6. The maximum atomic E-state index is 13.0. The summed E-state index contributed by atoms with van der Waals surface area (Å²) in [5.41, 5.74) is 0.0269. The van der Waals surface area contributed by atoms with Crippen LogP contribution in [-0.4, -0.2) is 82.0 Å². The number of ether oxygens (including phenoxy) is 1. The normalized spacial score (nSPS) is 24.1. The van der Waals surface area contributed by atoms with Gasteiger partial charge in [-0.25, -0.2) is 16.8 Å². The van der Waals surface area contributed by atoms with Gasteiger partial charge in [0, 0.05) is 32.7 Å². The molecule has 3 rings (SSSR count). The Hall–Kier alpha value is -1.53. The maximum Gasteiger partial charge on any atom is 0.252 e. The summed E-state index contributed by atoms with van der Waals surface area (Å²) in [6.45, 7) is 4.95. The van der Waals surface area contributed by atoms with Gasteiger partial charge >= 0.3 is 0 Å². The number of hydrogen-bond donors (Lipinski definition) is 1. The van der Waals surface area contributed by atoms with Gasteiger partial charge in [0.15, 0.2) is 0 Å². The van der Waals surface area contributed by atoms with E-state index in [-0.39, 0.29) is 48.1 Å². The predicted octanol–water partition coefficient (Wildman–Crippen LogP) is 1.03. The third-order valence-electron chi connectivity index (χ3n) is 5.49. The molecule has 11 heteroatoms. The molecule has 1 aromatic rings. The van der Waals surface area contributed by atoms with Crippen LogP contribution in [0.4, 0.5) is 0 Å². The summed E-state index contributed by atoms with van der Waals surface area (Å²) >= 11 is 0. The van der Waals surface area contributed by atoms with Crippen LogP contribution in [-0.2, 0) is 24.8 Å². The van der Waals surface area contributed by atoms with Crippen molar-refractivity contribution in [3.63, 3.8) is 0 Å². The average molecular weight is 474 g/mol. The Kier molecular flexibility index (Phi) is 7.74. The monoisotopic (exact) mass is 473 g/mol. The molecule has 9 nitrogen and oxygen atoms in total. The van der Waals surface area contributed by atoms with E-state index in [9.17, 15) is 21.6 Å². The van der Waals surface area contributed by atoms with Crippen LogP contribution >= 0.6 is 0 Å². The Morgan fingerprint density at radius 1 is 1.00 bits per heavy atom. The third-order valence-corrected chi connectivity index (χ3v) is 9.25. The summed E-state index contributed by atoms with van der Waals surface area (Å²) in [7, 11) is -7.36. The molecule has 2 fully saturated rings. The quantitative estimate of drug-likeness (QED) is 0.633. The zero-order chi connectivity index (χ0) is 22.6. The van der Waals surface area contributed by atoms with Gasteiger partial charge in [-0.1, -0.05) is 18.6 Å². The van der Waals surface area contributed by atoms with E-state index in [0.29, 0.717) is 13.1 Å². The first-order chi connectivity index (χ1) is 14.6. The molecule has 2 saturated heterocycles. The van der Waals surface area contributed by atoms with Crippen molar-refractivity contribution in [2.75, 3.05) is 38.5 Å². The smallest absolute Gasteiger partial charge is 0.252 e. The minimum absolute atomic E-state index is 0.0269. The lowest BCUT2D eigenvalue weighted by Crippen LogP contribution is -2.49. The molecule has 2 heterocycles. The lowest BCUT2D eigenvalue weighted by molar-refractivity contribution is -0.0440. The number of benzene rings is 1. The van der Waals surface area contributed by atoms with Crippen molar-refractivity contribution >= 4 is 26.0 Å². The summed E-state index contributed by atoms with van der Waals surface area (Å²) in [5, 5.41) is 2.57. The first kappa shape index (κ1) is 24.1. The predicted molar refractivity (Wildman–Crippen MR) is 117 cm³/mol. The van der Waals surface area contributed by atoms with Crippen LogP contribution in [0.2, 0.25) is 0 Å². The van der Waals surface area contributed by atoms with Crippen LogP contribution in [0.5, 0.6) is 0 Å². The van der Waals surface area contributed by atoms with Gasteiger partial charge in [0.1, 0.15) is 0 Å². The van der Waals surface area contributed by atoms with Crippen LogP contribution in [0.1, 0.15) is 43.5 Å². The summed E-state index contributed by atoms with van der Waals surface area (Å²) in [4.78, 5) is 12.7. The van der Waals surface area contributed by atoms with Crippen molar-refractivity contribution in [1.29, 1.82) is 0 Å². The minimum Gasteiger partial charge on any atom is -0.373 e. The highest BCUT2D eigenvalue weighted by molar-refractivity contribution is 7.89. The number of rotatable bonds is 7. The van der Waals surface area contributed by atoms with Crippen LogP contribution in [0.15, 0.2) is 29.2 Å². The van der Waals surface area contributed by atoms with Crippen LogP contribution in [0, 0.1) is 0 Å². The fourth-order valence-corrected chi connectivity index (χ4v) is 7.20. The van der Waals surface area contributed by atoms with Crippen LogP contribution < -0.4 is 5.32 Å². The molecule has 2 unspecified atom stereocenters. The highest BCUT2D eigenvalue weighted by atomic mass is 32.2. The van der Waals surface area contributed by atoms with Crippen LogP contribution in [0.25, 0.3) is 0 Å². The molecule has 1 aromatic carbocycles. The molecule has 0 spiro atoms. The molecule has 2 aliphatic heterocycles. The van der Waals surface area contributed by atoms with Crippen molar-refractivity contribution in [1.82, 2.24) is 13.9 Å². The van der Waals surface area contributed by atoms with Crippen molar-refractivity contribution in [3.05, 3.63) is 29.8 Å². The second kappa shape index (κ2) is 9.95.